The summed E-state index contributed by atoms with van der Waals surface area (Å²) in [6.45, 7) is 7.93. The lowest BCUT2D eigenvalue weighted by Crippen LogP contribution is -2.47. The number of hydrogen-bond donors (Lipinski definition) is 0. The van der Waals surface area contributed by atoms with Gasteiger partial charge in [-0.15, -0.1) is 24.0 Å². The van der Waals surface area contributed by atoms with Gasteiger partial charge in [-0.3, -0.25) is 4.90 Å². The van der Waals surface area contributed by atoms with Crippen LogP contribution in [0.5, 0.6) is 0 Å². The van der Waals surface area contributed by atoms with Crippen molar-refractivity contribution in [2.24, 2.45) is 0 Å². The fourth-order valence-electron chi connectivity index (χ4n) is 4.42. The molecule has 2 aliphatic rings. The maximum Gasteiger partial charge on any atom is 0.0443 e. The van der Waals surface area contributed by atoms with E-state index in [1.165, 1.54) is 48.6 Å². The molecule has 2 aromatic carbocycles. The number of fused-ring (bicyclic) bond motifs is 2. The van der Waals surface area contributed by atoms with Crippen molar-refractivity contribution in [1.82, 2.24) is 9.80 Å². The minimum absolute atomic E-state index is 0. The summed E-state index contributed by atoms with van der Waals surface area (Å²) in [6, 6.07) is 17.9. The molecule has 2 aliphatic heterocycles. The fourth-order valence-corrected chi connectivity index (χ4v) is 4.66. The first kappa shape index (κ1) is 21.4. The second-order valence-corrected chi connectivity index (χ2v) is 8.01. The van der Waals surface area contributed by atoms with Crippen LogP contribution in [0.2, 0.25) is 0 Å². The number of rotatable bonds is 6. The van der Waals surface area contributed by atoms with Gasteiger partial charge in [0.05, 0.1) is 0 Å². The minimum atomic E-state index is 0. The summed E-state index contributed by atoms with van der Waals surface area (Å²) in [5.41, 5.74) is 5.75. The first-order valence-corrected chi connectivity index (χ1v) is 10.8. The van der Waals surface area contributed by atoms with E-state index in [-0.39, 0.29) is 12.4 Å². The maximum absolute atomic E-state index is 5.88. The summed E-state index contributed by atoms with van der Waals surface area (Å²) in [4.78, 5) is 7.65. The van der Waals surface area contributed by atoms with Gasteiger partial charge >= 0.3 is 0 Å². The second kappa shape index (κ2) is 10.5. The van der Waals surface area contributed by atoms with Crippen LogP contribution < -0.4 is 4.90 Å². The standard InChI is InChI=1S/C23H30ClN3.ClH/c24-12-15-26-18-16-25(17-19-26)13-5-14-27-22-8-3-1-6-20(22)10-11-21-7-2-4-9-23(21)27;/h1-4,6-9H,5,10-19H2;1H. The van der Waals surface area contributed by atoms with E-state index < -0.39 is 0 Å². The fraction of sp³-hybridized carbons (Fsp3) is 0.478. The molecule has 3 nitrogen and oxygen atoms in total. The van der Waals surface area contributed by atoms with E-state index in [9.17, 15) is 0 Å². The minimum Gasteiger partial charge on any atom is -0.341 e. The Bertz CT molecular complexity index is 697. The molecule has 0 saturated carbocycles. The van der Waals surface area contributed by atoms with E-state index >= 15 is 0 Å². The Kier molecular flexibility index (Phi) is 8.04. The van der Waals surface area contributed by atoms with Crippen molar-refractivity contribution in [3.05, 3.63) is 59.7 Å². The summed E-state index contributed by atoms with van der Waals surface area (Å²) < 4.78 is 0. The van der Waals surface area contributed by atoms with Crippen molar-refractivity contribution in [2.45, 2.75) is 19.3 Å². The maximum atomic E-state index is 5.88. The number of hydrogen-bond acceptors (Lipinski definition) is 3. The number of alkyl halides is 1. The lowest BCUT2D eigenvalue weighted by atomic mass is 10.0. The molecule has 0 aliphatic carbocycles. The molecule has 1 saturated heterocycles. The molecular weight excluding hydrogens is 389 g/mol. The first-order chi connectivity index (χ1) is 13.3. The largest absolute Gasteiger partial charge is 0.341 e. The van der Waals surface area contributed by atoms with Crippen molar-refractivity contribution in [3.63, 3.8) is 0 Å². The Hall–Kier alpha value is -1.26. The first-order valence-electron chi connectivity index (χ1n) is 10.3. The molecule has 2 heterocycles. The van der Waals surface area contributed by atoms with Gasteiger partial charge in [-0.1, -0.05) is 36.4 Å². The van der Waals surface area contributed by atoms with Gasteiger partial charge < -0.3 is 9.80 Å². The average Bonchev–Trinajstić information content (AvgIpc) is 2.87. The third-order valence-corrected chi connectivity index (χ3v) is 6.12. The predicted octanol–water partition coefficient (Wildman–Crippen LogP) is 4.59. The summed E-state index contributed by atoms with van der Waals surface area (Å²) in [6.07, 6.45) is 3.45. The molecule has 0 unspecified atom stereocenters. The van der Waals surface area contributed by atoms with Crippen molar-refractivity contribution in [1.29, 1.82) is 0 Å². The van der Waals surface area contributed by atoms with Crippen molar-refractivity contribution < 1.29 is 0 Å². The van der Waals surface area contributed by atoms with E-state index in [2.05, 4.69) is 63.2 Å². The van der Waals surface area contributed by atoms with Crippen LogP contribution in [0.3, 0.4) is 0 Å². The number of benzene rings is 2. The highest BCUT2D eigenvalue weighted by Crippen LogP contribution is 2.35. The molecule has 0 atom stereocenters. The van der Waals surface area contributed by atoms with Crippen LogP contribution in [-0.2, 0) is 12.8 Å². The monoisotopic (exact) mass is 419 g/mol. The molecule has 2 aromatic rings. The molecule has 0 bridgehead atoms. The lowest BCUT2D eigenvalue weighted by molar-refractivity contribution is 0.137. The third kappa shape index (κ3) is 5.01. The highest BCUT2D eigenvalue weighted by Gasteiger charge is 2.21. The molecule has 4 rings (SSSR count). The SMILES string of the molecule is Cl.ClCCN1CCN(CCCN2c3ccccc3CCc3ccccc32)CC1. The zero-order chi connectivity index (χ0) is 18.5. The van der Waals surface area contributed by atoms with Gasteiger partial charge in [-0.2, -0.15) is 0 Å². The third-order valence-electron chi connectivity index (χ3n) is 5.95. The normalized spacial score (nSPS) is 17.4. The summed E-state index contributed by atoms with van der Waals surface area (Å²) in [7, 11) is 0. The number of para-hydroxylation sites is 2. The highest BCUT2D eigenvalue weighted by molar-refractivity contribution is 6.18. The van der Waals surface area contributed by atoms with Crippen LogP contribution in [0.25, 0.3) is 0 Å². The number of anilines is 2. The number of piperazine rings is 1. The molecule has 28 heavy (non-hydrogen) atoms. The number of nitrogens with zero attached hydrogens (tertiary/aromatic N) is 3. The Morgan fingerprint density at radius 2 is 1.18 bits per heavy atom. The molecule has 0 aromatic heterocycles. The Morgan fingerprint density at radius 3 is 1.71 bits per heavy atom. The molecule has 1 fully saturated rings. The molecule has 0 spiro atoms. The Balaban J connectivity index is 0.00000225. The topological polar surface area (TPSA) is 9.72 Å². The predicted molar refractivity (Wildman–Crippen MR) is 123 cm³/mol. The van der Waals surface area contributed by atoms with Gasteiger partial charge in [0.15, 0.2) is 0 Å². The highest BCUT2D eigenvalue weighted by atomic mass is 35.5. The molecule has 0 N–H and O–H groups in total. The van der Waals surface area contributed by atoms with Gasteiger partial charge in [-0.25, -0.2) is 0 Å². The Morgan fingerprint density at radius 1 is 0.679 bits per heavy atom. The van der Waals surface area contributed by atoms with E-state index in [1.54, 1.807) is 0 Å². The molecule has 0 amide bonds. The van der Waals surface area contributed by atoms with Crippen molar-refractivity contribution in [2.75, 3.05) is 56.6 Å². The van der Waals surface area contributed by atoms with Gasteiger partial charge in [-0.05, 0) is 49.1 Å². The van der Waals surface area contributed by atoms with Gasteiger partial charge in [0, 0.05) is 56.5 Å². The van der Waals surface area contributed by atoms with Crippen LogP contribution in [0.4, 0.5) is 11.4 Å². The van der Waals surface area contributed by atoms with Gasteiger partial charge in [0.25, 0.3) is 0 Å². The summed E-state index contributed by atoms with van der Waals surface area (Å²) in [5, 5.41) is 0. The van der Waals surface area contributed by atoms with E-state index in [0.29, 0.717) is 0 Å². The summed E-state index contributed by atoms with van der Waals surface area (Å²) in [5.74, 6) is 0.744. The van der Waals surface area contributed by atoms with Gasteiger partial charge in [0.2, 0.25) is 0 Å². The van der Waals surface area contributed by atoms with E-state index in [0.717, 1.165) is 44.9 Å². The zero-order valence-corrected chi connectivity index (χ0v) is 18.1. The van der Waals surface area contributed by atoms with E-state index in [1.807, 2.05) is 0 Å². The number of halogens is 2. The second-order valence-electron chi connectivity index (χ2n) is 7.63. The average molecular weight is 420 g/mol. The van der Waals surface area contributed by atoms with Crippen molar-refractivity contribution >= 4 is 35.4 Å². The molecule has 0 radical (unpaired) electrons. The lowest BCUT2D eigenvalue weighted by Gasteiger charge is -2.35. The molecule has 5 heteroatoms. The smallest absolute Gasteiger partial charge is 0.0443 e. The van der Waals surface area contributed by atoms with E-state index in [4.69, 9.17) is 11.6 Å². The zero-order valence-electron chi connectivity index (χ0n) is 16.5. The van der Waals surface area contributed by atoms with Crippen LogP contribution in [0.1, 0.15) is 17.5 Å². The Labute approximate surface area is 180 Å². The van der Waals surface area contributed by atoms with Crippen LogP contribution in [0.15, 0.2) is 48.5 Å². The molecular formula is C23H31Cl2N3. The summed E-state index contributed by atoms with van der Waals surface area (Å²) >= 11 is 5.88. The van der Waals surface area contributed by atoms with Gasteiger partial charge in [0.1, 0.15) is 0 Å². The van der Waals surface area contributed by atoms with Crippen LogP contribution in [0, 0.1) is 0 Å². The van der Waals surface area contributed by atoms with Crippen LogP contribution in [-0.4, -0.2) is 61.5 Å². The quantitative estimate of drug-likeness (QED) is 0.633. The number of aryl methyl sites for hydroxylation is 2. The van der Waals surface area contributed by atoms with Crippen LogP contribution >= 0.6 is 24.0 Å². The van der Waals surface area contributed by atoms with Crippen molar-refractivity contribution in [3.8, 4) is 0 Å². The molecule has 152 valence electrons.